The lowest BCUT2D eigenvalue weighted by Gasteiger charge is -2.31. The summed E-state index contributed by atoms with van der Waals surface area (Å²) in [6.45, 7) is 44.6. The van der Waals surface area contributed by atoms with Crippen molar-refractivity contribution in [3.05, 3.63) is 11.9 Å². The number of ketones is 1. The molecule has 7 nitrogen and oxygen atoms in total. The van der Waals surface area contributed by atoms with E-state index < -0.39 is 0 Å². The molecule has 0 spiro atoms. The predicted molar refractivity (Wildman–Crippen MR) is 403 cm³/mol. The summed E-state index contributed by atoms with van der Waals surface area (Å²) in [5.41, 5.74) is 0.968. The number of nitrogens with zero attached hydrogens (tertiary/aromatic N) is 3. The molecule has 0 saturated heterocycles. The molecule has 0 rings (SSSR count). The van der Waals surface area contributed by atoms with Crippen molar-refractivity contribution in [2.24, 2.45) is 16.8 Å². The van der Waals surface area contributed by atoms with Crippen LogP contribution in [-0.2, 0) is 14.3 Å². The Morgan fingerprint density at radius 1 is 0.455 bits per heavy atom. The highest BCUT2D eigenvalue weighted by molar-refractivity contribution is 5.78. The minimum absolute atomic E-state index is 0.0538. The predicted octanol–water partition coefficient (Wildman–Crippen LogP) is 26.8. The van der Waals surface area contributed by atoms with Crippen molar-refractivity contribution in [3.8, 4) is 0 Å². The Labute approximate surface area is 558 Å². The molecule has 0 heterocycles. The number of aliphatic imine (C=N–C) groups is 1. The Balaban J connectivity index is -0.000000374. The molecule has 7 heteroatoms. The van der Waals surface area contributed by atoms with Gasteiger partial charge in [0.05, 0.1) is 12.3 Å². The van der Waals surface area contributed by atoms with Gasteiger partial charge in [-0.15, -0.1) is 0 Å². The van der Waals surface area contributed by atoms with E-state index in [1.807, 2.05) is 47.9 Å². The normalized spacial score (nSPS) is 12.0. The zero-order valence-electron chi connectivity index (χ0n) is 64.2. The first-order chi connectivity index (χ1) is 42.9. The average Bonchev–Trinajstić information content (AvgIpc) is 3.60. The molecule has 0 saturated carbocycles. The van der Waals surface area contributed by atoms with Crippen LogP contribution < -0.4 is 5.32 Å². The molecule has 0 aromatic rings. The molecule has 3 unspecified atom stereocenters. The van der Waals surface area contributed by atoms with Gasteiger partial charge in [0.15, 0.2) is 0 Å². The van der Waals surface area contributed by atoms with Crippen LogP contribution in [0.4, 0.5) is 0 Å². The number of carbonyl (C=O) groups excluding carboxylic acids is 2. The van der Waals surface area contributed by atoms with Crippen LogP contribution in [0, 0.1) is 11.8 Å². The summed E-state index contributed by atoms with van der Waals surface area (Å²) >= 11 is 0. The Bertz CT molecular complexity index is 1290. The maximum absolute atomic E-state index is 12.6. The summed E-state index contributed by atoms with van der Waals surface area (Å²) in [5, 5.41) is 3.20. The van der Waals surface area contributed by atoms with Crippen molar-refractivity contribution in [2.45, 2.75) is 438 Å². The van der Waals surface area contributed by atoms with Crippen molar-refractivity contribution in [2.75, 3.05) is 46.4 Å². The molecular formula is C81H170N4O3. The summed E-state index contributed by atoms with van der Waals surface area (Å²) < 4.78 is 5.85. The van der Waals surface area contributed by atoms with Crippen LogP contribution >= 0.6 is 0 Å². The number of unbranched alkanes of at least 4 members (excludes halogenated alkanes) is 33. The molecule has 0 aromatic heterocycles. The van der Waals surface area contributed by atoms with E-state index >= 15 is 0 Å². The summed E-state index contributed by atoms with van der Waals surface area (Å²) in [4.78, 5) is 32.9. The lowest BCUT2D eigenvalue weighted by Crippen LogP contribution is -2.36. The van der Waals surface area contributed by atoms with Gasteiger partial charge in [-0.1, -0.05) is 348 Å². The molecule has 0 aromatic carbocycles. The maximum Gasteiger partial charge on any atom is 0.305 e. The standard InChI is InChI=1S/C49H99NO2.C15H30O.C8H16N2.C5H13N.2C2H6/c1-6-11-15-19-24-30-36-42-48(50(10-5)45-39-33-27-20-16-12-7-2)43-37-31-25-22-23-26-32-38-44-49(51)52-46-47(40-34-28-18-14-9-4)41-35-29-21-17-13-8-3;1-4-6-8-9-10-11-14(3)13-15(16)12-7-5-2;1-5-6-10(4)7-8(2)9-3;1-3-5-6-4-2;2*1-2/h47-48H,6-46H2,1-5H3;14H,4-13H2,1-3H3;7H,3,5-6H2,1-2,4H3;6H,3-5H2,1-2H3;2*1-2H3/b;;8-7-;;;. The molecule has 0 aliphatic carbocycles. The van der Waals surface area contributed by atoms with Gasteiger partial charge < -0.3 is 19.9 Å². The molecule has 1 N–H and O–H groups in total. The third-order valence-corrected chi connectivity index (χ3v) is 17.0. The molecule has 0 fully saturated rings. The van der Waals surface area contributed by atoms with Gasteiger partial charge >= 0.3 is 5.97 Å². The fraction of sp³-hybridized carbons (Fsp3) is 0.938. The van der Waals surface area contributed by atoms with Crippen LogP contribution in [0.2, 0.25) is 0 Å². The van der Waals surface area contributed by atoms with E-state index in [-0.39, 0.29) is 5.97 Å². The summed E-state index contributed by atoms with van der Waals surface area (Å²) in [5.74, 6) is 1.70. The molecule has 0 bridgehead atoms. The Morgan fingerprint density at radius 3 is 1.19 bits per heavy atom. The zero-order valence-corrected chi connectivity index (χ0v) is 64.2. The molecule has 532 valence electrons. The number of allylic oxidation sites excluding steroid dienone is 1. The van der Waals surface area contributed by atoms with Gasteiger partial charge in [-0.05, 0) is 109 Å². The van der Waals surface area contributed by atoms with Gasteiger partial charge in [-0.25, -0.2) is 0 Å². The van der Waals surface area contributed by atoms with Crippen LogP contribution in [0.3, 0.4) is 0 Å². The topological polar surface area (TPSA) is 74.2 Å². The van der Waals surface area contributed by atoms with Gasteiger partial charge in [0, 0.05) is 45.1 Å². The number of hydrogen-bond donors (Lipinski definition) is 1. The number of carbonyl (C=O) groups is 2. The van der Waals surface area contributed by atoms with E-state index in [4.69, 9.17) is 4.74 Å². The minimum atomic E-state index is 0.0538. The SMILES string of the molecule is C=N/C(C)=C\N(C)CCC.CC.CC.CCCCCCCC(C)CC(=O)CCCC.CCCCCCCCCC(CCCCCCCCCCC(=O)OCC(CCCCCCC)CCCCCCCC)N(CC)CCCCCCCCC.CCCNCC. The first-order valence-corrected chi connectivity index (χ1v) is 39.9. The fourth-order valence-electron chi connectivity index (χ4n) is 11.5. The Kier molecular flexibility index (Phi) is 99.0. The van der Waals surface area contributed by atoms with Gasteiger partial charge in [0.2, 0.25) is 0 Å². The van der Waals surface area contributed by atoms with E-state index in [0.29, 0.717) is 30.6 Å². The van der Waals surface area contributed by atoms with Crippen LogP contribution in [-0.4, -0.2) is 80.7 Å². The monoisotopic (exact) mass is 1250 g/mol. The van der Waals surface area contributed by atoms with Crippen molar-refractivity contribution < 1.29 is 14.3 Å². The number of nitrogens with one attached hydrogen (secondary N) is 1. The summed E-state index contributed by atoms with van der Waals surface area (Å²) in [6.07, 6.45) is 67.0. The molecule has 0 aliphatic rings. The first-order valence-electron chi connectivity index (χ1n) is 39.9. The lowest BCUT2D eigenvalue weighted by atomic mass is 9.95. The maximum atomic E-state index is 12.6. The fourth-order valence-corrected chi connectivity index (χ4v) is 11.5. The van der Waals surface area contributed by atoms with Gasteiger partial charge in [-0.3, -0.25) is 14.6 Å². The smallest absolute Gasteiger partial charge is 0.305 e. The number of Topliss-reactive ketones (excluding diaryl/α,β-unsaturated/α-hetero) is 1. The van der Waals surface area contributed by atoms with E-state index in [2.05, 4.69) is 103 Å². The van der Waals surface area contributed by atoms with Crippen LogP contribution in [0.15, 0.2) is 16.9 Å². The Morgan fingerprint density at radius 2 is 0.830 bits per heavy atom. The summed E-state index contributed by atoms with van der Waals surface area (Å²) in [7, 11) is 2.04. The van der Waals surface area contributed by atoms with E-state index in [0.717, 1.165) is 69.9 Å². The van der Waals surface area contributed by atoms with Crippen molar-refractivity contribution in [1.82, 2.24) is 15.1 Å². The van der Waals surface area contributed by atoms with Crippen molar-refractivity contribution in [3.63, 3.8) is 0 Å². The molecule has 0 amide bonds. The second kappa shape index (κ2) is 89.5. The highest BCUT2D eigenvalue weighted by atomic mass is 16.5. The highest BCUT2D eigenvalue weighted by Gasteiger charge is 2.17. The number of ether oxygens (including phenoxy) is 1. The quantitative estimate of drug-likeness (QED) is 0.0372. The number of hydrogen-bond acceptors (Lipinski definition) is 7. The lowest BCUT2D eigenvalue weighted by molar-refractivity contribution is -0.145. The molecule has 3 atom stereocenters. The first kappa shape index (κ1) is 97.4. The average molecular weight is 1250 g/mol. The molecule has 0 aliphatic heterocycles. The molecule has 88 heavy (non-hydrogen) atoms. The highest BCUT2D eigenvalue weighted by Crippen LogP contribution is 2.23. The Hall–Kier alpha value is -1.73. The third-order valence-electron chi connectivity index (χ3n) is 17.0. The van der Waals surface area contributed by atoms with E-state index in [1.165, 1.54) is 289 Å². The third kappa shape index (κ3) is 86.3. The van der Waals surface area contributed by atoms with Crippen LogP contribution in [0.1, 0.15) is 432 Å². The van der Waals surface area contributed by atoms with Crippen LogP contribution in [0.25, 0.3) is 0 Å². The van der Waals surface area contributed by atoms with Gasteiger partial charge in [-0.2, -0.15) is 0 Å². The molecular weight excluding hydrogens is 1080 g/mol. The second-order valence-electron chi connectivity index (χ2n) is 25.9. The van der Waals surface area contributed by atoms with Crippen molar-refractivity contribution in [1.29, 1.82) is 0 Å². The van der Waals surface area contributed by atoms with Crippen LogP contribution in [0.5, 0.6) is 0 Å². The van der Waals surface area contributed by atoms with Gasteiger partial charge in [0.1, 0.15) is 5.78 Å². The second-order valence-corrected chi connectivity index (χ2v) is 25.9. The van der Waals surface area contributed by atoms with Gasteiger partial charge in [0.25, 0.3) is 0 Å². The van der Waals surface area contributed by atoms with E-state index in [9.17, 15) is 9.59 Å². The number of rotatable bonds is 62. The zero-order chi connectivity index (χ0) is 67.0. The number of esters is 1. The largest absolute Gasteiger partial charge is 0.465 e. The van der Waals surface area contributed by atoms with Crippen molar-refractivity contribution >= 4 is 18.5 Å². The minimum Gasteiger partial charge on any atom is -0.465 e. The molecule has 0 radical (unpaired) electrons. The van der Waals surface area contributed by atoms with E-state index in [1.54, 1.807) is 0 Å². The summed E-state index contributed by atoms with van der Waals surface area (Å²) in [6, 6.07) is 0.803.